The van der Waals surface area contributed by atoms with Crippen molar-refractivity contribution in [2.75, 3.05) is 5.32 Å². The van der Waals surface area contributed by atoms with Gasteiger partial charge >= 0.3 is 5.97 Å². The Balaban J connectivity index is 1.48. The first-order chi connectivity index (χ1) is 13.0. The van der Waals surface area contributed by atoms with E-state index in [0.29, 0.717) is 6.54 Å². The molecule has 27 heavy (non-hydrogen) atoms. The van der Waals surface area contributed by atoms with Crippen LogP contribution in [0.4, 0.5) is 5.69 Å². The fourth-order valence-corrected chi connectivity index (χ4v) is 3.70. The molecular weight excluding hydrogens is 364 g/mol. The summed E-state index contributed by atoms with van der Waals surface area (Å²) in [6.45, 7) is 1.88. The van der Waals surface area contributed by atoms with Crippen LogP contribution in [0.25, 0.3) is 0 Å². The standard InChI is InChI=1S/C20H20N2O4S/c1-13(19(24)21-12-14-7-3-2-4-8-14)26-18(23)11-17-20(25)22-15-9-5-6-10-16(15)27-17/h2-10,13,17H,11-12H2,1H3,(H,21,24)(H,22,25)/t13-,17-/m1/s1. The number of para-hydroxylation sites is 1. The zero-order chi connectivity index (χ0) is 19.2. The molecular formula is C20H20N2O4S. The second-order valence-corrected chi connectivity index (χ2v) is 7.38. The highest BCUT2D eigenvalue weighted by Gasteiger charge is 2.30. The number of ether oxygens (including phenoxy) is 1. The van der Waals surface area contributed by atoms with Crippen molar-refractivity contribution >= 4 is 35.2 Å². The summed E-state index contributed by atoms with van der Waals surface area (Å²) in [4.78, 5) is 37.3. The molecule has 0 fully saturated rings. The van der Waals surface area contributed by atoms with Crippen LogP contribution < -0.4 is 10.6 Å². The molecule has 0 unspecified atom stereocenters. The van der Waals surface area contributed by atoms with Gasteiger partial charge in [0.2, 0.25) is 5.91 Å². The van der Waals surface area contributed by atoms with Crippen molar-refractivity contribution < 1.29 is 19.1 Å². The molecule has 2 amide bonds. The van der Waals surface area contributed by atoms with Gasteiger partial charge in [0.1, 0.15) is 0 Å². The van der Waals surface area contributed by atoms with Crippen LogP contribution in [-0.2, 0) is 25.7 Å². The number of amides is 2. The van der Waals surface area contributed by atoms with E-state index in [1.807, 2.05) is 54.6 Å². The van der Waals surface area contributed by atoms with Crippen molar-refractivity contribution in [3.8, 4) is 0 Å². The van der Waals surface area contributed by atoms with Crippen LogP contribution in [0.5, 0.6) is 0 Å². The average Bonchev–Trinajstić information content (AvgIpc) is 2.67. The summed E-state index contributed by atoms with van der Waals surface area (Å²) in [5.74, 6) is -1.19. The predicted octanol–water partition coefficient (Wildman–Crippen LogP) is 2.74. The summed E-state index contributed by atoms with van der Waals surface area (Å²) in [5, 5.41) is 4.94. The van der Waals surface area contributed by atoms with Crippen LogP contribution in [0.1, 0.15) is 18.9 Å². The van der Waals surface area contributed by atoms with Crippen LogP contribution in [0.3, 0.4) is 0 Å². The highest BCUT2D eigenvalue weighted by molar-refractivity contribution is 8.01. The van der Waals surface area contributed by atoms with Gasteiger partial charge in [-0.2, -0.15) is 0 Å². The molecule has 0 radical (unpaired) electrons. The number of esters is 1. The molecule has 2 atom stereocenters. The van der Waals surface area contributed by atoms with E-state index >= 15 is 0 Å². The lowest BCUT2D eigenvalue weighted by Crippen LogP contribution is -2.37. The van der Waals surface area contributed by atoms with Gasteiger partial charge in [-0.25, -0.2) is 0 Å². The number of carbonyl (C=O) groups is 3. The third-order valence-electron chi connectivity index (χ3n) is 4.05. The number of hydrogen-bond donors (Lipinski definition) is 2. The Hall–Kier alpha value is -2.80. The third kappa shape index (κ3) is 5.10. The SMILES string of the molecule is C[C@@H](OC(=O)C[C@H]1Sc2ccccc2NC1=O)C(=O)NCc1ccccc1. The van der Waals surface area contributed by atoms with Crippen LogP contribution >= 0.6 is 11.8 Å². The molecule has 2 aromatic rings. The molecule has 3 rings (SSSR count). The third-order valence-corrected chi connectivity index (χ3v) is 5.32. The lowest BCUT2D eigenvalue weighted by atomic mass is 10.2. The van der Waals surface area contributed by atoms with Gasteiger partial charge in [0, 0.05) is 11.4 Å². The number of benzene rings is 2. The van der Waals surface area contributed by atoms with E-state index in [2.05, 4.69) is 10.6 Å². The van der Waals surface area contributed by atoms with Crippen molar-refractivity contribution in [2.24, 2.45) is 0 Å². The van der Waals surface area contributed by atoms with E-state index in [9.17, 15) is 14.4 Å². The summed E-state index contributed by atoms with van der Waals surface area (Å²) in [7, 11) is 0. The molecule has 0 spiro atoms. The number of rotatable bonds is 6. The number of carbonyl (C=O) groups excluding carboxylic acids is 3. The van der Waals surface area contributed by atoms with Crippen molar-refractivity contribution in [1.82, 2.24) is 5.32 Å². The maximum Gasteiger partial charge on any atom is 0.308 e. The van der Waals surface area contributed by atoms with Crippen molar-refractivity contribution in [3.05, 3.63) is 60.2 Å². The maximum atomic E-state index is 12.2. The molecule has 0 aromatic heterocycles. The second kappa shape index (κ2) is 8.73. The molecule has 7 heteroatoms. The van der Waals surface area contributed by atoms with Gasteiger partial charge < -0.3 is 15.4 Å². The van der Waals surface area contributed by atoms with Crippen LogP contribution in [0.15, 0.2) is 59.5 Å². The van der Waals surface area contributed by atoms with E-state index in [4.69, 9.17) is 4.74 Å². The molecule has 2 aromatic carbocycles. The minimum Gasteiger partial charge on any atom is -0.453 e. The van der Waals surface area contributed by atoms with Gasteiger partial charge in [-0.3, -0.25) is 14.4 Å². The molecule has 6 nitrogen and oxygen atoms in total. The summed E-state index contributed by atoms with van der Waals surface area (Å²) < 4.78 is 5.20. The average molecular weight is 384 g/mol. The Morgan fingerprint density at radius 3 is 2.63 bits per heavy atom. The highest BCUT2D eigenvalue weighted by Crippen LogP contribution is 2.36. The fraction of sp³-hybridized carbons (Fsp3) is 0.250. The number of thioether (sulfide) groups is 1. The lowest BCUT2D eigenvalue weighted by molar-refractivity contribution is -0.155. The Labute approximate surface area is 161 Å². The predicted molar refractivity (Wildman–Crippen MR) is 103 cm³/mol. The van der Waals surface area contributed by atoms with Gasteiger partial charge in [0.05, 0.1) is 17.4 Å². The molecule has 140 valence electrons. The van der Waals surface area contributed by atoms with E-state index in [-0.39, 0.29) is 18.2 Å². The Kier molecular flexibility index (Phi) is 6.13. The Morgan fingerprint density at radius 2 is 1.85 bits per heavy atom. The quantitative estimate of drug-likeness (QED) is 0.748. The normalized spacial score (nSPS) is 16.6. The maximum absolute atomic E-state index is 12.2. The van der Waals surface area contributed by atoms with Gasteiger partial charge in [-0.05, 0) is 24.6 Å². The molecule has 2 N–H and O–H groups in total. The first-order valence-electron chi connectivity index (χ1n) is 8.60. The zero-order valence-corrected chi connectivity index (χ0v) is 15.6. The Morgan fingerprint density at radius 1 is 1.15 bits per heavy atom. The van der Waals surface area contributed by atoms with Gasteiger partial charge in [-0.1, -0.05) is 42.5 Å². The first kappa shape index (κ1) is 19.0. The summed E-state index contributed by atoms with van der Waals surface area (Å²) in [5.41, 5.74) is 1.70. The second-order valence-electron chi connectivity index (χ2n) is 6.13. The summed E-state index contributed by atoms with van der Waals surface area (Å²) >= 11 is 1.32. The molecule has 0 saturated carbocycles. The first-order valence-corrected chi connectivity index (χ1v) is 9.48. The van der Waals surface area contributed by atoms with E-state index in [1.165, 1.54) is 18.7 Å². The van der Waals surface area contributed by atoms with Crippen molar-refractivity contribution in [1.29, 1.82) is 0 Å². The molecule has 1 aliphatic rings. The molecule has 0 saturated heterocycles. The van der Waals surface area contributed by atoms with Gasteiger partial charge in [-0.15, -0.1) is 11.8 Å². The minimum absolute atomic E-state index is 0.0961. The van der Waals surface area contributed by atoms with Crippen LogP contribution in [0, 0.1) is 0 Å². The molecule has 1 aliphatic heterocycles. The monoisotopic (exact) mass is 384 g/mol. The molecule has 0 aliphatic carbocycles. The van der Waals surface area contributed by atoms with E-state index in [1.54, 1.807) is 0 Å². The zero-order valence-electron chi connectivity index (χ0n) is 14.8. The van der Waals surface area contributed by atoms with E-state index < -0.39 is 17.3 Å². The number of nitrogens with one attached hydrogen (secondary N) is 2. The van der Waals surface area contributed by atoms with E-state index in [0.717, 1.165) is 16.1 Å². The largest absolute Gasteiger partial charge is 0.453 e. The number of anilines is 1. The minimum atomic E-state index is -0.926. The van der Waals surface area contributed by atoms with Gasteiger partial charge in [0.15, 0.2) is 6.10 Å². The molecule has 0 bridgehead atoms. The molecule has 1 heterocycles. The summed E-state index contributed by atoms with van der Waals surface area (Å²) in [6.07, 6.45) is -1.02. The van der Waals surface area contributed by atoms with Crippen molar-refractivity contribution in [2.45, 2.75) is 36.1 Å². The topological polar surface area (TPSA) is 84.5 Å². The number of hydrogen-bond acceptors (Lipinski definition) is 5. The summed E-state index contributed by atoms with van der Waals surface area (Å²) in [6, 6.07) is 16.9. The van der Waals surface area contributed by atoms with Crippen LogP contribution in [-0.4, -0.2) is 29.1 Å². The van der Waals surface area contributed by atoms with Gasteiger partial charge in [0.25, 0.3) is 5.91 Å². The Bertz CT molecular complexity index is 841. The lowest BCUT2D eigenvalue weighted by Gasteiger charge is -2.23. The smallest absolute Gasteiger partial charge is 0.308 e. The number of fused-ring (bicyclic) bond motifs is 1. The highest BCUT2D eigenvalue weighted by atomic mass is 32.2. The fourth-order valence-electron chi connectivity index (χ4n) is 2.61. The van der Waals surface area contributed by atoms with Crippen molar-refractivity contribution in [3.63, 3.8) is 0 Å². The van der Waals surface area contributed by atoms with Crippen LogP contribution in [0.2, 0.25) is 0 Å².